The second kappa shape index (κ2) is 13.6. The lowest BCUT2D eigenvalue weighted by atomic mass is 9.62. The molecular formula is C57H43N. The van der Waals surface area contributed by atoms with Crippen molar-refractivity contribution in [1.29, 1.82) is 0 Å². The number of hydrogen-bond acceptors (Lipinski definition) is 1. The fourth-order valence-corrected chi connectivity index (χ4v) is 10.6. The van der Waals surface area contributed by atoms with E-state index in [0.717, 1.165) is 17.8 Å². The van der Waals surface area contributed by atoms with Gasteiger partial charge in [-0.25, -0.2) is 0 Å². The molecule has 0 aromatic heterocycles. The number of benzene rings is 8. The normalized spacial score (nSPS) is 19.6. The summed E-state index contributed by atoms with van der Waals surface area (Å²) in [7, 11) is 0. The molecule has 8 aromatic carbocycles. The molecule has 0 bridgehead atoms. The summed E-state index contributed by atoms with van der Waals surface area (Å²) in [5, 5.41) is 0. The molecule has 3 aliphatic carbocycles. The molecule has 0 amide bonds. The quantitative estimate of drug-likeness (QED) is 0.157. The fraction of sp³-hybridized carbons (Fsp3) is 0.0877. The summed E-state index contributed by atoms with van der Waals surface area (Å²) >= 11 is 0. The van der Waals surface area contributed by atoms with Gasteiger partial charge in [0.15, 0.2) is 0 Å². The Morgan fingerprint density at radius 1 is 0.448 bits per heavy atom. The monoisotopic (exact) mass is 741 g/mol. The van der Waals surface area contributed by atoms with Crippen LogP contribution in [0, 0.1) is 5.92 Å². The average Bonchev–Trinajstić information content (AvgIpc) is 3.76. The van der Waals surface area contributed by atoms with Crippen LogP contribution < -0.4 is 4.90 Å². The van der Waals surface area contributed by atoms with Crippen LogP contribution in [0.4, 0.5) is 17.1 Å². The highest BCUT2D eigenvalue weighted by molar-refractivity contribution is 5.97. The zero-order valence-electron chi connectivity index (χ0n) is 32.6. The van der Waals surface area contributed by atoms with Crippen LogP contribution in [0.5, 0.6) is 0 Å². The molecular weight excluding hydrogens is 699 g/mol. The van der Waals surface area contributed by atoms with Crippen molar-refractivity contribution in [1.82, 2.24) is 0 Å². The van der Waals surface area contributed by atoms with Crippen LogP contribution in [0.25, 0.3) is 33.4 Å². The Morgan fingerprint density at radius 2 is 1.03 bits per heavy atom. The van der Waals surface area contributed by atoms with Crippen molar-refractivity contribution in [3.8, 4) is 33.4 Å². The van der Waals surface area contributed by atoms with Crippen molar-refractivity contribution >= 4 is 17.1 Å². The van der Waals surface area contributed by atoms with E-state index in [2.05, 4.69) is 236 Å². The molecule has 1 heteroatoms. The van der Waals surface area contributed by atoms with Crippen molar-refractivity contribution in [2.75, 3.05) is 4.90 Å². The molecule has 3 atom stereocenters. The molecule has 0 aliphatic heterocycles. The van der Waals surface area contributed by atoms with Gasteiger partial charge in [0.25, 0.3) is 0 Å². The van der Waals surface area contributed by atoms with Gasteiger partial charge in [-0.1, -0.05) is 194 Å². The minimum absolute atomic E-state index is 0.251. The van der Waals surface area contributed by atoms with E-state index in [1.54, 1.807) is 0 Å². The summed E-state index contributed by atoms with van der Waals surface area (Å²) in [5.41, 5.74) is 18.4. The second-order valence-electron chi connectivity index (χ2n) is 16.1. The predicted octanol–water partition coefficient (Wildman–Crippen LogP) is 14.6. The summed E-state index contributed by atoms with van der Waals surface area (Å²) in [4.78, 5) is 2.52. The molecule has 3 aliphatic rings. The molecule has 3 unspecified atom stereocenters. The maximum atomic E-state index is 2.52. The summed E-state index contributed by atoms with van der Waals surface area (Å²) in [5.74, 6) is 0.251. The smallest absolute Gasteiger partial charge is 0.0543 e. The molecule has 0 heterocycles. The van der Waals surface area contributed by atoms with E-state index in [0.29, 0.717) is 0 Å². The van der Waals surface area contributed by atoms with E-state index in [4.69, 9.17) is 0 Å². The van der Waals surface area contributed by atoms with Crippen LogP contribution in [0.2, 0.25) is 0 Å². The summed E-state index contributed by atoms with van der Waals surface area (Å²) < 4.78 is 0. The van der Waals surface area contributed by atoms with E-state index in [1.165, 1.54) is 72.4 Å². The maximum Gasteiger partial charge on any atom is 0.0543 e. The van der Waals surface area contributed by atoms with Crippen LogP contribution in [0.1, 0.15) is 46.7 Å². The number of nitrogens with zero attached hydrogens (tertiary/aromatic N) is 1. The third-order valence-electron chi connectivity index (χ3n) is 13.2. The van der Waals surface area contributed by atoms with E-state index < -0.39 is 0 Å². The number of rotatable bonds is 7. The molecule has 0 radical (unpaired) electrons. The average molecular weight is 742 g/mol. The van der Waals surface area contributed by atoms with E-state index in [1.807, 2.05) is 0 Å². The van der Waals surface area contributed by atoms with E-state index in [-0.39, 0.29) is 16.7 Å². The summed E-state index contributed by atoms with van der Waals surface area (Å²) in [6, 6.07) is 74.5. The van der Waals surface area contributed by atoms with Gasteiger partial charge >= 0.3 is 0 Å². The highest BCUT2D eigenvalue weighted by atomic mass is 15.1. The highest BCUT2D eigenvalue weighted by Gasteiger charge is 2.50. The maximum absolute atomic E-state index is 2.52. The first-order valence-electron chi connectivity index (χ1n) is 20.5. The van der Waals surface area contributed by atoms with Gasteiger partial charge < -0.3 is 4.90 Å². The lowest BCUT2D eigenvalue weighted by molar-refractivity contribution is 0.457. The first-order valence-corrected chi connectivity index (χ1v) is 20.5. The molecule has 0 N–H and O–H groups in total. The van der Waals surface area contributed by atoms with Crippen molar-refractivity contribution in [2.45, 2.75) is 24.2 Å². The van der Waals surface area contributed by atoms with Gasteiger partial charge in [-0.15, -0.1) is 0 Å². The Bertz CT molecular complexity index is 2870. The van der Waals surface area contributed by atoms with Gasteiger partial charge in [-0.3, -0.25) is 0 Å². The Morgan fingerprint density at radius 3 is 1.76 bits per heavy atom. The standard InChI is InChI=1S/C57H43N/c1-56(42-21-8-3-9-22-42)50-29-16-14-27-47(50)48-38-37-46(39-53(48)56)58(45-35-33-41(34-36-45)40-19-6-2-7-20-40)54-32-18-31-52-55(54)49-28-15-17-30-51(49)57(52,43-23-10-4-11-24-43)44-25-12-5-13-26-44/h2-25,27-39,44H,26H2,1H3. The Balaban J connectivity index is 1.18. The van der Waals surface area contributed by atoms with Crippen molar-refractivity contribution in [3.05, 3.63) is 258 Å². The summed E-state index contributed by atoms with van der Waals surface area (Å²) in [6.07, 6.45) is 10.2. The van der Waals surface area contributed by atoms with Crippen LogP contribution >= 0.6 is 0 Å². The number of fused-ring (bicyclic) bond motifs is 6. The minimum atomic E-state index is -0.362. The molecule has 276 valence electrons. The van der Waals surface area contributed by atoms with Gasteiger partial charge in [-0.05, 0) is 111 Å². The van der Waals surface area contributed by atoms with Crippen LogP contribution in [-0.4, -0.2) is 0 Å². The first kappa shape index (κ1) is 34.3. The Kier molecular flexibility index (Phi) is 8.05. The molecule has 58 heavy (non-hydrogen) atoms. The fourth-order valence-electron chi connectivity index (χ4n) is 10.6. The largest absolute Gasteiger partial charge is 0.310 e. The van der Waals surface area contributed by atoms with E-state index in [9.17, 15) is 0 Å². The van der Waals surface area contributed by atoms with E-state index >= 15 is 0 Å². The van der Waals surface area contributed by atoms with Crippen molar-refractivity contribution in [3.63, 3.8) is 0 Å². The zero-order chi connectivity index (χ0) is 38.7. The predicted molar refractivity (Wildman–Crippen MR) is 242 cm³/mol. The molecule has 0 fully saturated rings. The third-order valence-corrected chi connectivity index (χ3v) is 13.2. The topological polar surface area (TPSA) is 3.24 Å². The van der Waals surface area contributed by atoms with Crippen LogP contribution in [-0.2, 0) is 10.8 Å². The molecule has 8 aromatic rings. The SMILES string of the molecule is CC1(c2ccccc2)c2ccccc2-c2ccc(N(c3ccc(-c4ccccc4)cc3)c3cccc4c3-c3ccccc3C4(c3ccccc3)C3C=CC=CC3)cc21. The van der Waals surface area contributed by atoms with Gasteiger partial charge in [0.05, 0.1) is 11.1 Å². The number of anilines is 3. The Labute approximate surface area is 341 Å². The Hall–Kier alpha value is -6.96. The third kappa shape index (κ3) is 5.03. The molecule has 11 rings (SSSR count). The van der Waals surface area contributed by atoms with Gasteiger partial charge in [0, 0.05) is 22.4 Å². The van der Waals surface area contributed by atoms with Crippen LogP contribution in [0.15, 0.2) is 224 Å². The number of allylic oxidation sites excluding steroid dienone is 4. The van der Waals surface area contributed by atoms with Gasteiger partial charge in [0.2, 0.25) is 0 Å². The molecule has 0 spiro atoms. The van der Waals surface area contributed by atoms with Crippen molar-refractivity contribution < 1.29 is 0 Å². The molecule has 0 saturated carbocycles. The highest BCUT2D eigenvalue weighted by Crippen LogP contribution is 2.61. The number of hydrogen-bond donors (Lipinski definition) is 0. The van der Waals surface area contributed by atoms with Gasteiger partial charge in [-0.2, -0.15) is 0 Å². The first-order chi connectivity index (χ1) is 28.7. The second-order valence-corrected chi connectivity index (χ2v) is 16.1. The zero-order valence-corrected chi connectivity index (χ0v) is 32.6. The lowest BCUT2D eigenvalue weighted by Crippen LogP contribution is -2.35. The van der Waals surface area contributed by atoms with Crippen LogP contribution in [0.3, 0.4) is 0 Å². The summed E-state index contributed by atoms with van der Waals surface area (Å²) in [6.45, 7) is 2.41. The minimum Gasteiger partial charge on any atom is -0.310 e. The van der Waals surface area contributed by atoms with Crippen molar-refractivity contribution in [2.24, 2.45) is 5.92 Å². The van der Waals surface area contributed by atoms with Gasteiger partial charge in [0.1, 0.15) is 0 Å². The molecule has 0 saturated heterocycles. The molecule has 1 nitrogen and oxygen atoms in total. The lowest BCUT2D eigenvalue weighted by Gasteiger charge is -2.40.